The smallest absolute Gasteiger partial charge is 0.150 e. The highest BCUT2D eigenvalue weighted by molar-refractivity contribution is 6.02. The first-order valence-corrected chi connectivity index (χ1v) is 11.4. The molecule has 0 aliphatic carbocycles. The van der Waals surface area contributed by atoms with E-state index in [0.29, 0.717) is 0 Å². The molecule has 0 unspecified atom stereocenters. The summed E-state index contributed by atoms with van der Waals surface area (Å²) in [5.74, 6) is 0.900. The number of anilines is 1. The summed E-state index contributed by atoms with van der Waals surface area (Å²) in [7, 11) is 0. The third-order valence-electron chi connectivity index (χ3n) is 6.15. The lowest BCUT2D eigenvalue weighted by Gasteiger charge is -2.23. The molecule has 0 amide bonds. The van der Waals surface area contributed by atoms with Gasteiger partial charge in [-0.2, -0.15) is 0 Å². The van der Waals surface area contributed by atoms with Gasteiger partial charge in [-0.25, -0.2) is 9.97 Å². The molecule has 5 rings (SSSR count). The number of aryl methyl sites for hydroxylation is 1. The summed E-state index contributed by atoms with van der Waals surface area (Å²) in [6.45, 7) is 8.13. The van der Waals surface area contributed by atoms with Gasteiger partial charge in [0, 0.05) is 30.4 Å². The number of fused-ring (bicyclic) bond motifs is 1. The van der Waals surface area contributed by atoms with Gasteiger partial charge >= 0.3 is 0 Å². The van der Waals surface area contributed by atoms with Crippen LogP contribution in [0.3, 0.4) is 0 Å². The number of hydrogen-bond acceptors (Lipinski definition) is 4. The fraction of sp³-hybridized carbons (Fsp3) is 0.308. The molecule has 1 saturated heterocycles. The van der Waals surface area contributed by atoms with Crippen LogP contribution in [0.1, 0.15) is 12.0 Å². The number of nitrogens with zero attached hydrogens (tertiary/aromatic N) is 3. The predicted molar refractivity (Wildman–Crippen MR) is 129 cm³/mol. The van der Waals surface area contributed by atoms with Crippen molar-refractivity contribution in [2.45, 2.75) is 13.3 Å². The maximum atomic E-state index is 5.47. The molecule has 1 fully saturated rings. The molecule has 1 aliphatic rings. The van der Waals surface area contributed by atoms with E-state index in [1.165, 1.54) is 11.1 Å². The summed E-state index contributed by atoms with van der Waals surface area (Å²) >= 11 is 0. The van der Waals surface area contributed by atoms with E-state index < -0.39 is 0 Å². The minimum Gasteiger partial charge on any atom is -0.370 e. The molecule has 0 bridgehead atoms. The molecular formula is C26H30N5O+. The summed E-state index contributed by atoms with van der Waals surface area (Å²) in [4.78, 5) is 11.0. The lowest BCUT2D eigenvalue weighted by molar-refractivity contribution is -0.908. The van der Waals surface area contributed by atoms with Gasteiger partial charge in [0.2, 0.25) is 0 Å². The Kier molecular flexibility index (Phi) is 6.14. The average molecular weight is 429 g/mol. The standard InChI is InChI=1S/C26H29N5O/c1-20-7-5-10-22(17-20)31-18-23(21-8-3-2-4-9-21)24-25(28-19-29-26(24)31)27-11-6-12-30-13-15-32-16-14-30/h2-5,7-10,17-19H,6,11-16H2,1H3,(H,27,28,29)/p+1. The molecule has 164 valence electrons. The number of benzene rings is 2. The first-order valence-electron chi connectivity index (χ1n) is 11.4. The van der Waals surface area contributed by atoms with Crippen LogP contribution in [0.5, 0.6) is 0 Å². The highest BCUT2D eigenvalue weighted by Gasteiger charge is 2.18. The van der Waals surface area contributed by atoms with Gasteiger partial charge in [0.05, 0.1) is 25.1 Å². The molecule has 0 saturated carbocycles. The predicted octanol–water partition coefficient (Wildman–Crippen LogP) is 3.11. The molecule has 32 heavy (non-hydrogen) atoms. The summed E-state index contributed by atoms with van der Waals surface area (Å²) in [5, 5.41) is 4.67. The highest BCUT2D eigenvalue weighted by atomic mass is 16.5. The minimum absolute atomic E-state index is 0.877. The molecule has 0 radical (unpaired) electrons. The SMILES string of the molecule is Cc1cccc(-n2cc(-c3ccccc3)c3c(NCCC[NH+]4CCOCC4)ncnc32)c1. The monoisotopic (exact) mass is 428 g/mol. The molecule has 6 nitrogen and oxygen atoms in total. The van der Waals surface area contributed by atoms with Crippen LogP contribution < -0.4 is 10.2 Å². The van der Waals surface area contributed by atoms with Gasteiger partial charge in [0.15, 0.2) is 5.65 Å². The van der Waals surface area contributed by atoms with Crippen molar-refractivity contribution in [3.63, 3.8) is 0 Å². The van der Waals surface area contributed by atoms with E-state index in [2.05, 4.69) is 81.5 Å². The van der Waals surface area contributed by atoms with Gasteiger partial charge in [0.1, 0.15) is 25.2 Å². The van der Waals surface area contributed by atoms with E-state index in [4.69, 9.17) is 4.74 Å². The molecule has 6 heteroatoms. The molecule has 2 aromatic heterocycles. The topological polar surface area (TPSA) is 56.4 Å². The van der Waals surface area contributed by atoms with Crippen LogP contribution >= 0.6 is 0 Å². The molecule has 2 aromatic carbocycles. The van der Waals surface area contributed by atoms with Gasteiger partial charge in [-0.3, -0.25) is 0 Å². The molecule has 3 heterocycles. The summed E-state index contributed by atoms with van der Waals surface area (Å²) in [6, 6.07) is 19.0. The Morgan fingerprint density at radius 3 is 2.69 bits per heavy atom. The lowest BCUT2D eigenvalue weighted by atomic mass is 10.1. The Hall–Kier alpha value is -3.22. The fourth-order valence-corrected chi connectivity index (χ4v) is 4.46. The largest absolute Gasteiger partial charge is 0.370 e. The zero-order valence-corrected chi connectivity index (χ0v) is 18.6. The van der Waals surface area contributed by atoms with E-state index in [0.717, 1.165) is 73.9 Å². The Bertz CT molecular complexity index is 1180. The number of aromatic nitrogens is 3. The summed E-state index contributed by atoms with van der Waals surface area (Å²) in [6.07, 6.45) is 4.95. The Balaban J connectivity index is 1.48. The van der Waals surface area contributed by atoms with Crippen molar-refractivity contribution in [3.8, 4) is 16.8 Å². The second-order valence-corrected chi connectivity index (χ2v) is 8.43. The summed E-state index contributed by atoms with van der Waals surface area (Å²) < 4.78 is 7.65. The van der Waals surface area contributed by atoms with E-state index in [-0.39, 0.29) is 0 Å². The summed E-state index contributed by atoms with van der Waals surface area (Å²) in [5.41, 5.74) is 5.57. The van der Waals surface area contributed by atoms with Crippen LogP contribution in [-0.2, 0) is 4.74 Å². The normalized spacial score (nSPS) is 14.7. The van der Waals surface area contributed by atoms with Crippen molar-refractivity contribution < 1.29 is 9.64 Å². The van der Waals surface area contributed by atoms with Crippen LogP contribution in [0.15, 0.2) is 67.1 Å². The van der Waals surface area contributed by atoms with E-state index in [1.54, 1.807) is 11.2 Å². The van der Waals surface area contributed by atoms with E-state index in [1.807, 2.05) is 6.07 Å². The van der Waals surface area contributed by atoms with Gasteiger partial charge in [0.25, 0.3) is 0 Å². The number of morpholine rings is 1. The lowest BCUT2D eigenvalue weighted by Crippen LogP contribution is -3.14. The minimum atomic E-state index is 0.877. The second-order valence-electron chi connectivity index (χ2n) is 8.43. The number of quaternary nitrogens is 1. The second kappa shape index (κ2) is 9.51. The van der Waals surface area contributed by atoms with Crippen LogP contribution in [0.25, 0.3) is 27.8 Å². The van der Waals surface area contributed by atoms with Crippen molar-refractivity contribution in [2.24, 2.45) is 0 Å². The van der Waals surface area contributed by atoms with Crippen molar-refractivity contribution in [1.82, 2.24) is 14.5 Å². The quantitative estimate of drug-likeness (QED) is 0.444. The fourth-order valence-electron chi connectivity index (χ4n) is 4.46. The van der Waals surface area contributed by atoms with Gasteiger partial charge in [-0.05, 0) is 30.2 Å². The Morgan fingerprint density at radius 2 is 1.88 bits per heavy atom. The van der Waals surface area contributed by atoms with Crippen molar-refractivity contribution in [3.05, 3.63) is 72.7 Å². The van der Waals surface area contributed by atoms with Gasteiger partial charge in [-0.1, -0.05) is 42.5 Å². The van der Waals surface area contributed by atoms with E-state index >= 15 is 0 Å². The van der Waals surface area contributed by atoms with Crippen LogP contribution in [0.2, 0.25) is 0 Å². The molecule has 2 N–H and O–H groups in total. The average Bonchev–Trinajstić information content (AvgIpc) is 3.24. The van der Waals surface area contributed by atoms with Crippen LogP contribution in [0, 0.1) is 6.92 Å². The molecule has 0 atom stereocenters. The molecule has 4 aromatic rings. The van der Waals surface area contributed by atoms with E-state index in [9.17, 15) is 0 Å². The number of hydrogen-bond donors (Lipinski definition) is 2. The Labute approximate surface area is 188 Å². The number of rotatable bonds is 7. The first kappa shape index (κ1) is 20.7. The van der Waals surface area contributed by atoms with Gasteiger partial charge in [-0.15, -0.1) is 0 Å². The number of nitrogens with one attached hydrogen (secondary N) is 2. The maximum Gasteiger partial charge on any atom is 0.150 e. The maximum absolute atomic E-state index is 5.47. The van der Waals surface area contributed by atoms with Crippen LogP contribution in [-0.4, -0.2) is 53.9 Å². The Morgan fingerprint density at radius 1 is 1.03 bits per heavy atom. The highest BCUT2D eigenvalue weighted by Crippen LogP contribution is 2.35. The third kappa shape index (κ3) is 4.38. The van der Waals surface area contributed by atoms with Crippen LogP contribution in [0.4, 0.5) is 5.82 Å². The zero-order chi connectivity index (χ0) is 21.8. The van der Waals surface area contributed by atoms with Gasteiger partial charge < -0.3 is 19.5 Å². The third-order valence-corrected chi connectivity index (χ3v) is 6.15. The molecular weight excluding hydrogens is 398 g/mol. The number of ether oxygens (including phenoxy) is 1. The zero-order valence-electron chi connectivity index (χ0n) is 18.6. The first-order chi connectivity index (χ1) is 15.8. The molecule has 0 spiro atoms. The van der Waals surface area contributed by atoms with Crippen molar-refractivity contribution in [1.29, 1.82) is 0 Å². The van der Waals surface area contributed by atoms with Crippen molar-refractivity contribution in [2.75, 3.05) is 44.7 Å². The molecule has 1 aliphatic heterocycles. The van der Waals surface area contributed by atoms with Crippen molar-refractivity contribution >= 4 is 16.9 Å².